The van der Waals surface area contributed by atoms with E-state index in [0.29, 0.717) is 22.7 Å². The predicted octanol–water partition coefficient (Wildman–Crippen LogP) is 7.10. The van der Waals surface area contributed by atoms with Crippen LogP contribution in [0.15, 0.2) is 30.9 Å². The monoisotopic (exact) mass is 683 g/mol. The summed E-state index contributed by atoms with van der Waals surface area (Å²) in [6, 6.07) is 4.33. The van der Waals surface area contributed by atoms with Crippen LogP contribution in [-0.4, -0.2) is 70.2 Å². The van der Waals surface area contributed by atoms with Crippen LogP contribution in [0.4, 0.5) is 0 Å². The number of benzene rings is 1. The number of esters is 2. The molecular formula is C37H50ClN3O7. The van der Waals surface area contributed by atoms with E-state index in [1.54, 1.807) is 51.0 Å². The lowest BCUT2D eigenvalue weighted by Crippen LogP contribution is -2.50. The molecule has 0 radical (unpaired) electrons. The molecule has 1 aromatic carbocycles. The smallest absolute Gasteiger partial charge is 0.329 e. The Kier molecular flexibility index (Phi) is 10.9. The van der Waals surface area contributed by atoms with Gasteiger partial charge in [-0.3, -0.25) is 9.59 Å². The molecule has 3 aliphatic rings. The zero-order chi connectivity index (χ0) is 34.8. The molecule has 5 rings (SSSR count). The highest BCUT2D eigenvalue weighted by Gasteiger charge is 2.53. The lowest BCUT2D eigenvalue weighted by molar-refractivity contribution is -0.167. The van der Waals surface area contributed by atoms with Gasteiger partial charge in [0.1, 0.15) is 29.6 Å². The molecule has 2 aliphatic carbocycles. The van der Waals surface area contributed by atoms with Crippen molar-refractivity contribution in [2.24, 2.45) is 23.2 Å². The largest absolute Gasteiger partial charge is 0.497 e. The maximum atomic E-state index is 14.7. The Bertz CT molecular complexity index is 1520. The molecule has 1 saturated heterocycles. The molecule has 2 heterocycles. The predicted molar refractivity (Wildman–Crippen MR) is 183 cm³/mol. The molecule has 2 aromatic rings. The standard InChI is InChI=1S/C37H50ClN3O7/c1-8-9-10-13-23-18-28(23)46-30(42)20-25(37(6)16-11-12-17-37)34(43)41-21-29(22(2)31(41)35(44)48-36(3,4)5)47-33-32(38)39-26-15-14-24(45-7)19-27(26)40-33/h8,14-15,19,22-23,25,28-29,31H,1,9-13,16-18,20-21H2,2-7H3/t22-,23-,25-,28-,29+,31+/m1/s1. The number of aromatic nitrogens is 2. The summed E-state index contributed by atoms with van der Waals surface area (Å²) < 4.78 is 23.4. The Hall–Kier alpha value is -3.40. The highest BCUT2D eigenvalue weighted by Crippen LogP contribution is 2.48. The molecule has 1 aromatic heterocycles. The second kappa shape index (κ2) is 14.6. The van der Waals surface area contributed by atoms with Gasteiger partial charge in [-0.1, -0.05) is 44.4 Å². The maximum Gasteiger partial charge on any atom is 0.329 e. The van der Waals surface area contributed by atoms with Gasteiger partial charge in [0.15, 0.2) is 5.15 Å². The van der Waals surface area contributed by atoms with E-state index >= 15 is 0 Å². The molecule has 1 aliphatic heterocycles. The number of amides is 1. The third kappa shape index (κ3) is 8.24. The van der Waals surface area contributed by atoms with Crippen LogP contribution in [0.5, 0.6) is 11.6 Å². The number of carbonyl (C=O) groups excluding carboxylic acids is 3. The number of methoxy groups -OCH3 is 1. The Morgan fingerprint density at radius 3 is 2.54 bits per heavy atom. The molecule has 0 N–H and O–H groups in total. The zero-order valence-electron chi connectivity index (χ0n) is 29.1. The summed E-state index contributed by atoms with van der Waals surface area (Å²) in [5.74, 6) is -1.20. The fourth-order valence-electron chi connectivity index (χ4n) is 7.32. The molecule has 3 fully saturated rings. The number of allylic oxidation sites excluding steroid dienone is 1. The van der Waals surface area contributed by atoms with Crippen LogP contribution >= 0.6 is 11.6 Å². The molecule has 6 atom stereocenters. The van der Waals surface area contributed by atoms with E-state index in [-0.39, 0.29) is 42.0 Å². The first kappa shape index (κ1) is 35.9. The minimum atomic E-state index is -0.935. The Morgan fingerprint density at radius 1 is 1.15 bits per heavy atom. The molecule has 10 nitrogen and oxygen atoms in total. The van der Waals surface area contributed by atoms with Crippen molar-refractivity contribution in [2.45, 2.75) is 116 Å². The van der Waals surface area contributed by atoms with Crippen LogP contribution in [0.1, 0.15) is 92.4 Å². The summed E-state index contributed by atoms with van der Waals surface area (Å²) in [6.07, 6.45) is 8.53. The van der Waals surface area contributed by atoms with Gasteiger partial charge < -0.3 is 23.8 Å². The van der Waals surface area contributed by atoms with Crippen molar-refractivity contribution < 1.29 is 33.3 Å². The average Bonchev–Trinajstić information content (AvgIpc) is 3.44. The van der Waals surface area contributed by atoms with Crippen molar-refractivity contribution in [1.82, 2.24) is 14.9 Å². The van der Waals surface area contributed by atoms with E-state index in [1.807, 2.05) is 13.0 Å². The molecular weight excluding hydrogens is 634 g/mol. The van der Waals surface area contributed by atoms with Crippen LogP contribution in [0.25, 0.3) is 11.0 Å². The number of rotatable bonds is 13. The first-order valence-electron chi connectivity index (χ1n) is 17.2. The number of hydrogen-bond acceptors (Lipinski definition) is 9. The van der Waals surface area contributed by atoms with Gasteiger partial charge in [-0.15, -0.1) is 6.58 Å². The molecule has 0 spiro atoms. The highest BCUT2D eigenvalue weighted by molar-refractivity contribution is 6.31. The highest BCUT2D eigenvalue weighted by atomic mass is 35.5. The van der Waals surface area contributed by atoms with Crippen LogP contribution in [0.2, 0.25) is 5.15 Å². The van der Waals surface area contributed by atoms with E-state index in [1.165, 1.54) is 0 Å². The summed E-state index contributed by atoms with van der Waals surface area (Å²) in [7, 11) is 1.57. The van der Waals surface area contributed by atoms with Crippen LogP contribution < -0.4 is 9.47 Å². The van der Waals surface area contributed by atoms with E-state index in [4.69, 9.17) is 30.5 Å². The second-order valence-electron chi connectivity index (χ2n) is 15.0. The minimum absolute atomic E-state index is 0.0353. The van der Waals surface area contributed by atoms with Crippen LogP contribution in [-0.2, 0) is 23.9 Å². The number of carbonyl (C=O) groups is 3. The Balaban J connectivity index is 1.40. The fourth-order valence-corrected chi connectivity index (χ4v) is 7.50. The van der Waals surface area contributed by atoms with Crippen LogP contribution in [0, 0.1) is 23.2 Å². The van der Waals surface area contributed by atoms with Gasteiger partial charge in [-0.25, -0.2) is 14.8 Å². The third-order valence-electron chi connectivity index (χ3n) is 10.2. The molecule has 1 amide bonds. The maximum absolute atomic E-state index is 14.7. The van der Waals surface area contributed by atoms with E-state index in [0.717, 1.165) is 51.4 Å². The number of hydrogen-bond donors (Lipinski definition) is 0. The second-order valence-corrected chi connectivity index (χ2v) is 15.4. The summed E-state index contributed by atoms with van der Waals surface area (Å²) in [4.78, 5) is 52.5. The number of likely N-dealkylation sites (tertiary alicyclic amines) is 1. The lowest BCUT2D eigenvalue weighted by Gasteiger charge is -2.37. The van der Waals surface area contributed by atoms with Crippen molar-refractivity contribution in [3.8, 4) is 11.6 Å². The first-order valence-corrected chi connectivity index (χ1v) is 17.6. The quantitative estimate of drug-likeness (QED) is 0.124. The average molecular weight is 684 g/mol. The van der Waals surface area contributed by atoms with Crippen molar-refractivity contribution >= 4 is 40.5 Å². The number of unbranched alkanes of at least 4 members (excludes halogenated alkanes) is 1. The third-order valence-corrected chi connectivity index (χ3v) is 10.4. The molecule has 0 bridgehead atoms. The van der Waals surface area contributed by atoms with Gasteiger partial charge in [0.2, 0.25) is 5.91 Å². The van der Waals surface area contributed by atoms with Crippen LogP contribution in [0.3, 0.4) is 0 Å². The summed E-state index contributed by atoms with van der Waals surface area (Å²) in [6.45, 7) is 13.2. The molecule has 262 valence electrons. The summed E-state index contributed by atoms with van der Waals surface area (Å²) >= 11 is 6.53. The van der Waals surface area contributed by atoms with Gasteiger partial charge >= 0.3 is 11.9 Å². The molecule has 11 heteroatoms. The van der Waals surface area contributed by atoms with Crippen molar-refractivity contribution in [3.63, 3.8) is 0 Å². The fraction of sp³-hybridized carbons (Fsp3) is 0.649. The first-order chi connectivity index (χ1) is 22.7. The number of ether oxygens (including phenoxy) is 4. The van der Waals surface area contributed by atoms with Gasteiger partial charge in [0, 0.05) is 12.0 Å². The topological polar surface area (TPSA) is 117 Å². The van der Waals surface area contributed by atoms with Crippen molar-refractivity contribution in [2.75, 3.05) is 13.7 Å². The number of nitrogens with zero attached hydrogens (tertiary/aromatic N) is 3. The Morgan fingerprint density at radius 2 is 1.88 bits per heavy atom. The van der Waals surface area contributed by atoms with E-state index < -0.39 is 41.0 Å². The Labute approximate surface area is 288 Å². The number of halogens is 1. The van der Waals surface area contributed by atoms with Gasteiger partial charge in [0.05, 0.1) is 37.0 Å². The normalized spacial score (nSPS) is 25.4. The summed E-state index contributed by atoms with van der Waals surface area (Å²) in [5, 5.41) is 0.0698. The van der Waals surface area contributed by atoms with Gasteiger partial charge in [0.25, 0.3) is 5.88 Å². The molecule has 48 heavy (non-hydrogen) atoms. The minimum Gasteiger partial charge on any atom is -0.497 e. The zero-order valence-corrected chi connectivity index (χ0v) is 29.9. The van der Waals surface area contributed by atoms with Gasteiger partial charge in [-0.05, 0) is 82.8 Å². The van der Waals surface area contributed by atoms with E-state index in [9.17, 15) is 14.4 Å². The number of fused-ring (bicyclic) bond motifs is 1. The SMILES string of the molecule is C=CCCC[C@@H]1C[C@H]1OC(=O)C[C@H](C(=O)N1C[C@H](Oc2nc3cc(OC)ccc3nc2Cl)[C@@H](C)[C@H]1C(=O)OC(C)(C)C)C1(C)CCCC1. The molecule has 2 saturated carbocycles. The van der Waals surface area contributed by atoms with Gasteiger partial charge in [-0.2, -0.15) is 0 Å². The summed E-state index contributed by atoms with van der Waals surface area (Å²) in [5.41, 5.74) is -0.0770. The molecule has 0 unspecified atom stereocenters. The van der Waals surface area contributed by atoms with E-state index in [2.05, 4.69) is 23.5 Å². The van der Waals surface area contributed by atoms with Crippen molar-refractivity contribution in [3.05, 3.63) is 36.0 Å². The van der Waals surface area contributed by atoms with Crippen molar-refractivity contribution in [1.29, 1.82) is 0 Å². The lowest BCUT2D eigenvalue weighted by atomic mass is 9.73.